The van der Waals surface area contributed by atoms with Gasteiger partial charge in [-0.25, -0.2) is 0 Å². The Morgan fingerprint density at radius 3 is 2.78 bits per heavy atom. The fourth-order valence-electron chi connectivity index (χ4n) is 2.82. The number of halogens is 1. The number of carbonyl (C=O) groups excluding carboxylic acids is 1. The molecule has 0 fully saturated rings. The van der Waals surface area contributed by atoms with Crippen molar-refractivity contribution in [3.05, 3.63) is 62.5 Å². The molecule has 0 aliphatic carbocycles. The standard InChI is InChI=1S/C17H17ClN2O3/c1-19-9-12-10-20(6-5-11(12)7-16(19)21)17(22)14-4-3-13(18)8-15(14)23-2/h3-4,7-9H,5-6,10H2,1-2H3. The van der Waals surface area contributed by atoms with Crippen LogP contribution in [0.1, 0.15) is 21.5 Å². The van der Waals surface area contributed by atoms with Crippen LogP contribution in [0.15, 0.2) is 35.3 Å². The van der Waals surface area contributed by atoms with Gasteiger partial charge in [0.1, 0.15) is 5.75 Å². The molecule has 3 rings (SSSR count). The molecule has 1 aromatic carbocycles. The van der Waals surface area contributed by atoms with Gasteiger partial charge in [-0.3, -0.25) is 9.59 Å². The van der Waals surface area contributed by atoms with Gasteiger partial charge in [-0.2, -0.15) is 0 Å². The fraction of sp³-hybridized carbons (Fsp3) is 0.294. The number of aromatic nitrogens is 1. The van der Waals surface area contributed by atoms with Gasteiger partial charge >= 0.3 is 0 Å². The van der Waals surface area contributed by atoms with Crippen molar-refractivity contribution in [3.63, 3.8) is 0 Å². The van der Waals surface area contributed by atoms with E-state index in [1.165, 1.54) is 11.7 Å². The fourth-order valence-corrected chi connectivity index (χ4v) is 2.99. The minimum absolute atomic E-state index is 0.0251. The zero-order chi connectivity index (χ0) is 16.6. The van der Waals surface area contributed by atoms with Gasteiger partial charge in [0.05, 0.1) is 12.7 Å². The van der Waals surface area contributed by atoms with E-state index < -0.39 is 0 Å². The largest absolute Gasteiger partial charge is 0.496 e. The zero-order valence-corrected chi connectivity index (χ0v) is 13.8. The van der Waals surface area contributed by atoms with Gasteiger partial charge in [0.2, 0.25) is 0 Å². The maximum atomic E-state index is 12.8. The number of fused-ring (bicyclic) bond motifs is 1. The van der Waals surface area contributed by atoms with Crippen molar-refractivity contribution in [2.45, 2.75) is 13.0 Å². The minimum Gasteiger partial charge on any atom is -0.496 e. The highest BCUT2D eigenvalue weighted by Crippen LogP contribution is 2.26. The Morgan fingerprint density at radius 1 is 1.26 bits per heavy atom. The van der Waals surface area contributed by atoms with Crippen molar-refractivity contribution >= 4 is 17.5 Å². The number of hydrogen-bond acceptors (Lipinski definition) is 3. The minimum atomic E-state index is -0.0991. The summed E-state index contributed by atoms with van der Waals surface area (Å²) in [5.74, 6) is 0.367. The molecule has 0 unspecified atom stereocenters. The molecule has 1 aliphatic heterocycles. The van der Waals surface area contributed by atoms with Crippen LogP contribution < -0.4 is 10.3 Å². The Labute approximate surface area is 139 Å². The third-order valence-electron chi connectivity index (χ3n) is 4.10. The first-order valence-corrected chi connectivity index (χ1v) is 7.68. The van der Waals surface area contributed by atoms with E-state index in [0.29, 0.717) is 35.8 Å². The van der Waals surface area contributed by atoms with Crippen LogP contribution in [0.4, 0.5) is 0 Å². The molecule has 0 atom stereocenters. The van der Waals surface area contributed by atoms with Crippen LogP contribution in [0.2, 0.25) is 5.02 Å². The van der Waals surface area contributed by atoms with Crippen LogP contribution in [-0.2, 0) is 20.0 Å². The number of amides is 1. The number of carbonyl (C=O) groups is 1. The van der Waals surface area contributed by atoms with E-state index in [9.17, 15) is 9.59 Å². The van der Waals surface area contributed by atoms with Crippen molar-refractivity contribution in [2.24, 2.45) is 7.05 Å². The third-order valence-corrected chi connectivity index (χ3v) is 4.34. The second-order valence-corrected chi connectivity index (χ2v) is 6.03. The summed E-state index contributed by atoms with van der Waals surface area (Å²) in [6.07, 6.45) is 2.48. The topological polar surface area (TPSA) is 51.5 Å². The van der Waals surface area contributed by atoms with E-state index in [1.807, 2.05) is 0 Å². The molecule has 23 heavy (non-hydrogen) atoms. The van der Waals surface area contributed by atoms with E-state index in [-0.39, 0.29) is 11.5 Å². The Kier molecular flexibility index (Phi) is 4.13. The van der Waals surface area contributed by atoms with Crippen LogP contribution in [0.25, 0.3) is 0 Å². The van der Waals surface area contributed by atoms with E-state index in [0.717, 1.165) is 11.1 Å². The van der Waals surface area contributed by atoms with Gasteiger partial charge in [-0.1, -0.05) is 11.6 Å². The molecule has 5 nitrogen and oxygen atoms in total. The number of rotatable bonds is 2. The van der Waals surface area contributed by atoms with Gasteiger partial charge in [0.15, 0.2) is 0 Å². The summed E-state index contributed by atoms with van der Waals surface area (Å²) in [4.78, 5) is 26.2. The predicted octanol–water partition coefficient (Wildman–Crippen LogP) is 2.25. The molecule has 1 amide bonds. The summed E-state index contributed by atoms with van der Waals surface area (Å²) in [6, 6.07) is 6.65. The molecule has 1 aliphatic rings. The van der Waals surface area contributed by atoms with Crippen molar-refractivity contribution < 1.29 is 9.53 Å². The lowest BCUT2D eigenvalue weighted by Crippen LogP contribution is -2.37. The van der Waals surface area contributed by atoms with Crippen LogP contribution in [0.5, 0.6) is 5.75 Å². The second kappa shape index (κ2) is 6.08. The monoisotopic (exact) mass is 332 g/mol. The van der Waals surface area contributed by atoms with E-state index >= 15 is 0 Å². The lowest BCUT2D eigenvalue weighted by molar-refractivity contribution is 0.0731. The Bertz CT molecular complexity index is 829. The predicted molar refractivity (Wildman–Crippen MR) is 88.1 cm³/mol. The molecule has 2 aromatic rings. The molecule has 2 heterocycles. The molecule has 0 N–H and O–H groups in total. The van der Waals surface area contributed by atoms with Gasteiger partial charge < -0.3 is 14.2 Å². The summed E-state index contributed by atoms with van der Waals surface area (Å²) in [6.45, 7) is 1.05. The second-order valence-electron chi connectivity index (χ2n) is 5.59. The number of nitrogens with zero attached hydrogens (tertiary/aromatic N) is 2. The number of ether oxygens (including phenoxy) is 1. The third kappa shape index (κ3) is 2.97. The molecule has 0 spiro atoms. The Hall–Kier alpha value is -2.27. The first-order chi connectivity index (χ1) is 11.0. The van der Waals surface area contributed by atoms with Gasteiger partial charge in [0.25, 0.3) is 11.5 Å². The van der Waals surface area contributed by atoms with E-state index in [1.54, 1.807) is 42.4 Å². The van der Waals surface area contributed by atoms with Crippen LogP contribution in [0, 0.1) is 0 Å². The summed E-state index contributed by atoms with van der Waals surface area (Å²) in [5, 5.41) is 0.525. The molecular weight excluding hydrogens is 316 g/mol. The maximum Gasteiger partial charge on any atom is 0.257 e. The number of hydrogen-bond donors (Lipinski definition) is 0. The molecule has 0 saturated heterocycles. The van der Waals surface area contributed by atoms with Crippen molar-refractivity contribution in [3.8, 4) is 5.75 Å². The smallest absolute Gasteiger partial charge is 0.257 e. The highest BCUT2D eigenvalue weighted by molar-refractivity contribution is 6.30. The van der Waals surface area contributed by atoms with Crippen molar-refractivity contribution in [1.82, 2.24) is 9.47 Å². The molecule has 0 radical (unpaired) electrons. The first kappa shape index (κ1) is 15.6. The maximum absolute atomic E-state index is 12.8. The van der Waals surface area contributed by atoms with Gasteiger partial charge in [-0.15, -0.1) is 0 Å². The van der Waals surface area contributed by atoms with Gasteiger partial charge in [0, 0.05) is 37.4 Å². The SMILES string of the molecule is COc1cc(Cl)ccc1C(=O)N1CCc2cc(=O)n(C)cc2C1. The summed E-state index contributed by atoms with van der Waals surface area (Å²) in [7, 11) is 3.23. The highest BCUT2D eigenvalue weighted by Gasteiger charge is 2.24. The van der Waals surface area contributed by atoms with E-state index in [2.05, 4.69) is 0 Å². The lowest BCUT2D eigenvalue weighted by Gasteiger charge is -2.29. The molecule has 1 aromatic heterocycles. The highest BCUT2D eigenvalue weighted by atomic mass is 35.5. The molecule has 120 valence electrons. The van der Waals surface area contributed by atoms with Crippen LogP contribution in [0.3, 0.4) is 0 Å². The van der Waals surface area contributed by atoms with Crippen molar-refractivity contribution in [1.29, 1.82) is 0 Å². The molecule has 0 saturated carbocycles. The van der Waals surface area contributed by atoms with E-state index in [4.69, 9.17) is 16.3 Å². The number of aryl methyl sites for hydroxylation is 1. The number of methoxy groups -OCH3 is 1. The molecule has 6 heteroatoms. The normalized spacial score (nSPS) is 13.6. The molecule has 0 bridgehead atoms. The quantitative estimate of drug-likeness (QED) is 0.847. The summed E-state index contributed by atoms with van der Waals surface area (Å²) in [5.41, 5.74) is 2.48. The Balaban J connectivity index is 1.90. The Morgan fingerprint density at radius 2 is 2.04 bits per heavy atom. The lowest BCUT2D eigenvalue weighted by atomic mass is 10.0. The average molecular weight is 333 g/mol. The summed E-state index contributed by atoms with van der Waals surface area (Å²) < 4.78 is 6.80. The van der Waals surface area contributed by atoms with Crippen molar-refractivity contribution in [2.75, 3.05) is 13.7 Å². The molecular formula is C17H17ClN2O3. The first-order valence-electron chi connectivity index (χ1n) is 7.31. The number of pyridine rings is 1. The van der Waals surface area contributed by atoms with Gasteiger partial charge in [-0.05, 0) is 35.7 Å². The average Bonchev–Trinajstić information content (AvgIpc) is 2.54. The zero-order valence-electron chi connectivity index (χ0n) is 13.0. The van der Waals surface area contributed by atoms with Crippen LogP contribution >= 0.6 is 11.6 Å². The van der Waals surface area contributed by atoms with Crippen LogP contribution in [-0.4, -0.2) is 29.0 Å². The summed E-state index contributed by atoms with van der Waals surface area (Å²) >= 11 is 5.95. The number of benzene rings is 1.